The van der Waals surface area contributed by atoms with Gasteiger partial charge in [-0.2, -0.15) is 0 Å². The van der Waals surface area contributed by atoms with E-state index in [4.69, 9.17) is 25.7 Å². The lowest BCUT2D eigenvalue weighted by Crippen LogP contribution is -2.70. The van der Waals surface area contributed by atoms with E-state index in [-0.39, 0.29) is 32.9 Å². The number of aliphatic hydroxyl groups excluding tert-OH is 1. The molecule has 0 aliphatic heterocycles. The molecular weight excluding hydrogens is 488 g/mol. The van der Waals surface area contributed by atoms with Gasteiger partial charge in [-0.15, -0.1) is 0 Å². The highest BCUT2D eigenvalue weighted by molar-refractivity contribution is 5.74. The van der Waals surface area contributed by atoms with E-state index < -0.39 is 87.6 Å². The number of esters is 1. The van der Waals surface area contributed by atoms with E-state index in [1.165, 1.54) is 6.92 Å². The SMILES string of the molecule is CCOC(=O)CN(CC(=O)O)C(COCCN)C(O)(CO)C(COCCN)N(CC(=O)O)CC(=O)O. The van der Waals surface area contributed by atoms with E-state index in [0.717, 1.165) is 9.80 Å². The Labute approximate surface area is 208 Å². The lowest BCUT2D eigenvalue weighted by Gasteiger charge is -2.48. The van der Waals surface area contributed by atoms with Crippen LogP contribution in [0, 0.1) is 0 Å². The molecule has 0 bridgehead atoms. The van der Waals surface area contributed by atoms with Crippen LogP contribution in [0.5, 0.6) is 0 Å². The van der Waals surface area contributed by atoms with Gasteiger partial charge in [0.1, 0.15) is 5.60 Å². The van der Waals surface area contributed by atoms with Gasteiger partial charge in [-0.05, 0) is 6.92 Å². The molecular formula is C20H38N4O12. The maximum atomic E-state index is 12.2. The molecule has 0 aromatic rings. The van der Waals surface area contributed by atoms with Gasteiger partial charge >= 0.3 is 23.9 Å². The molecule has 0 aliphatic rings. The zero-order valence-electron chi connectivity index (χ0n) is 20.3. The summed E-state index contributed by atoms with van der Waals surface area (Å²) in [5.41, 5.74) is 8.41. The van der Waals surface area contributed by atoms with Crippen molar-refractivity contribution >= 4 is 23.9 Å². The summed E-state index contributed by atoms with van der Waals surface area (Å²) < 4.78 is 15.7. The number of aliphatic hydroxyl groups is 2. The Balaban J connectivity index is 6.68. The van der Waals surface area contributed by atoms with Crippen LogP contribution in [-0.2, 0) is 33.4 Å². The smallest absolute Gasteiger partial charge is 0.320 e. The van der Waals surface area contributed by atoms with Gasteiger partial charge in [0.2, 0.25) is 0 Å². The molecule has 3 unspecified atom stereocenters. The number of ether oxygens (including phenoxy) is 3. The second kappa shape index (κ2) is 17.9. The minimum atomic E-state index is -2.46. The van der Waals surface area contributed by atoms with E-state index in [0.29, 0.717) is 0 Å². The Bertz CT molecular complexity index is 682. The number of nitrogens with two attached hydrogens (primary N) is 2. The van der Waals surface area contributed by atoms with Gasteiger partial charge in [0.25, 0.3) is 0 Å². The van der Waals surface area contributed by atoms with Crippen molar-refractivity contribution in [1.82, 2.24) is 9.80 Å². The lowest BCUT2D eigenvalue weighted by atomic mass is 9.84. The van der Waals surface area contributed by atoms with Crippen LogP contribution in [0.2, 0.25) is 0 Å². The van der Waals surface area contributed by atoms with Crippen LogP contribution in [0.25, 0.3) is 0 Å². The Morgan fingerprint density at radius 3 is 1.50 bits per heavy atom. The number of carbonyl (C=O) groups excluding carboxylic acids is 1. The Kier molecular flexibility index (Phi) is 16.7. The van der Waals surface area contributed by atoms with Crippen molar-refractivity contribution in [2.24, 2.45) is 11.5 Å². The van der Waals surface area contributed by atoms with Crippen molar-refractivity contribution in [3.05, 3.63) is 0 Å². The summed E-state index contributed by atoms with van der Waals surface area (Å²) in [5.74, 6) is -5.12. The van der Waals surface area contributed by atoms with Crippen molar-refractivity contribution in [1.29, 1.82) is 0 Å². The molecule has 36 heavy (non-hydrogen) atoms. The highest BCUT2D eigenvalue weighted by atomic mass is 16.5. The quantitative estimate of drug-likeness (QED) is 0.0521. The largest absolute Gasteiger partial charge is 0.480 e. The summed E-state index contributed by atoms with van der Waals surface area (Å²) in [6.45, 7) is -3.78. The van der Waals surface area contributed by atoms with Crippen LogP contribution in [0.15, 0.2) is 0 Å². The van der Waals surface area contributed by atoms with Crippen molar-refractivity contribution in [3.8, 4) is 0 Å². The lowest BCUT2D eigenvalue weighted by molar-refractivity contribution is -0.175. The molecule has 16 heteroatoms. The normalized spacial score (nSPS) is 14.9. The fourth-order valence-electron chi connectivity index (χ4n) is 3.57. The maximum Gasteiger partial charge on any atom is 0.320 e. The topological polar surface area (TPSA) is 256 Å². The first-order valence-electron chi connectivity index (χ1n) is 11.1. The summed E-state index contributed by atoms with van der Waals surface area (Å²) in [5, 5.41) is 50.3. The average molecular weight is 527 g/mol. The molecule has 0 saturated carbocycles. The minimum Gasteiger partial charge on any atom is -0.480 e. The standard InChI is InChI=1S/C20H38N4O12/c1-2-36-19(32)10-24(9-18(30)31)15(12-35-6-4-22)20(33,13-25)14(11-34-5-3-21)23(7-16(26)27)8-17(28)29/h14-15,25,33H,2-13,21-22H2,1H3,(H,26,27)(H,28,29)(H,30,31). The molecule has 0 spiro atoms. The Morgan fingerprint density at radius 1 is 0.806 bits per heavy atom. The van der Waals surface area contributed by atoms with Gasteiger partial charge in [-0.3, -0.25) is 29.0 Å². The number of carbonyl (C=O) groups is 4. The van der Waals surface area contributed by atoms with E-state index in [9.17, 15) is 44.7 Å². The van der Waals surface area contributed by atoms with Crippen molar-refractivity contribution in [2.75, 3.05) is 78.9 Å². The molecule has 0 amide bonds. The van der Waals surface area contributed by atoms with Gasteiger partial charge in [-0.1, -0.05) is 0 Å². The zero-order chi connectivity index (χ0) is 27.7. The second-order valence-electron chi connectivity index (χ2n) is 7.70. The molecule has 0 fully saturated rings. The number of carboxylic acids is 3. The van der Waals surface area contributed by atoms with E-state index in [1.807, 2.05) is 0 Å². The van der Waals surface area contributed by atoms with Crippen molar-refractivity contribution < 1.29 is 58.9 Å². The minimum absolute atomic E-state index is 0.0150. The summed E-state index contributed by atoms with van der Waals surface area (Å²) in [6, 6.07) is -3.00. The second-order valence-corrected chi connectivity index (χ2v) is 7.70. The molecule has 0 aliphatic carbocycles. The zero-order valence-corrected chi connectivity index (χ0v) is 20.3. The highest BCUT2D eigenvalue weighted by Gasteiger charge is 2.50. The van der Waals surface area contributed by atoms with Gasteiger partial charge < -0.3 is 51.2 Å². The van der Waals surface area contributed by atoms with Crippen LogP contribution in [0.4, 0.5) is 0 Å². The molecule has 0 saturated heterocycles. The van der Waals surface area contributed by atoms with Gasteiger partial charge in [0.05, 0.1) is 77.9 Å². The van der Waals surface area contributed by atoms with Crippen LogP contribution in [0.3, 0.4) is 0 Å². The third-order valence-corrected chi connectivity index (χ3v) is 5.02. The maximum absolute atomic E-state index is 12.2. The first-order chi connectivity index (χ1) is 17.0. The molecule has 210 valence electrons. The first kappa shape index (κ1) is 33.6. The van der Waals surface area contributed by atoms with E-state index >= 15 is 0 Å². The fourth-order valence-corrected chi connectivity index (χ4v) is 3.57. The number of carboxylic acid groups (broad SMARTS) is 3. The molecule has 0 heterocycles. The molecule has 16 nitrogen and oxygen atoms in total. The van der Waals surface area contributed by atoms with E-state index in [1.54, 1.807) is 0 Å². The molecule has 0 aromatic heterocycles. The van der Waals surface area contributed by atoms with Crippen LogP contribution < -0.4 is 11.5 Å². The Hall–Kier alpha value is -2.44. The number of rotatable bonds is 22. The van der Waals surface area contributed by atoms with E-state index in [2.05, 4.69) is 0 Å². The van der Waals surface area contributed by atoms with Crippen LogP contribution in [0.1, 0.15) is 6.92 Å². The van der Waals surface area contributed by atoms with Crippen LogP contribution >= 0.6 is 0 Å². The summed E-state index contributed by atoms with van der Waals surface area (Å²) >= 11 is 0. The predicted molar refractivity (Wildman–Crippen MR) is 122 cm³/mol. The Morgan fingerprint density at radius 2 is 1.19 bits per heavy atom. The molecule has 9 N–H and O–H groups in total. The number of hydrogen-bond acceptors (Lipinski definition) is 13. The molecule has 0 aromatic carbocycles. The molecule has 3 atom stereocenters. The highest BCUT2D eigenvalue weighted by Crippen LogP contribution is 2.26. The van der Waals surface area contributed by atoms with Gasteiger partial charge in [-0.25, -0.2) is 0 Å². The third kappa shape index (κ3) is 12.0. The van der Waals surface area contributed by atoms with Gasteiger partial charge in [0, 0.05) is 13.1 Å². The average Bonchev–Trinajstić information content (AvgIpc) is 2.77. The molecule has 0 radical (unpaired) electrons. The summed E-state index contributed by atoms with van der Waals surface area (Å²) in [4.78, 5) is 48.6. The molecule has 0 rings (SSSR count). The first-order valence-corrected chi connectivity index (χ1v) is 11.1. The fraction of sp³-hybridized carbons (Fsp3) is 0.800. The number of hydrogen-bond donors (Lipinski definition) is 7. The monoisotopic (exact) mass is 526 g/mol. The van der Waals surface area contributed by atoms with Crippen LogP contribution in [-0.4, -0.2) is 156 Å². The number of aliphatic carboxylic acids is 3. The predicted octanol–water partition coefficient (Wildman–Crippen LogP) is -4.18. The van der Waals surface area contributed by atoms with Crippen molar-refractivity contribution in [3.63, 3.8) is 0 Å². The third-order valence-electron chi connectivity index (χ3n) is 5.02. The van der Waals surface area contributed by atoms with Gasteiger partial charge in [0.15, 0.2) is 0 Å². The summed E-state index contributed by atoms with van der Waals surface area (Å²) in [7, 11) is 0. The van der Waals surface area contributed by atoms with Crippen molar-refractivity contribution in [2.45, 2.75) is 24.6 Å². The number of nitrogens with zero attached hydrogens (tertiary/aromatic N) is 2. The summed E-state index contributed by atoms with van der Waals surface area (Å²) in [6.07, 6.45) is 0.